The molecule has 2 rings (SSSR count). The van der Waals surface area contributed by atoms with Gasteiger partial charge in [-0.05, 0) is 44.2 Å². The summed E-state index contributed by atoms with van der Waals surface area (Å²) in [4.78, 5) is 27.1. The number of carbonyl (C=O) groups is 2. The van der Waals surface area contributed by atoms with Gasteiger partial charge in [-0.25, -0.2) is 4.79 Å². The van der Waals surface area contributed by atoms with Gasteiger partial charge in [0.05, 0.1) is 20.8 Å². The van der Waals surface area contributed by atoms with Crippen molar-refractivity contribution >= 4 is 33.7 Å². The van der Waals surface area contributed by atoms with Crippen LogP contribution in [0.1, 0.15) is 71.8 Å². The Hall–Kier alpha value is -1.74. The maximum absolute atomic E-state index is 13.2. The van der Waals surface area contributed by atoms with Crippen molar-refractivity contribution in [2.24, 2.45) is 5.92 Å². The van der Waals surface area contributed by atoms with E-state index in [1.807, 2.05) is 40.6 Å². The molecule has 198 valence electrons. The summed E-state index contributed by atoms with van der Waals surface area (Å²) in [6.45, 7) is 8.08. The summed E-state index contributed by atoms with van der Waals surface area (Å²) in [7, 11) is 7.07. The van der Waals surface area contributed by atoms with Crippen molar-refractivity contribution < 1.29 is 28.5 Å². The van der Waals surface area contributed by atoms with E-state index in [2.05, 4.69) is 13.8 Å². The first-order valence-corrected chi connectivity index (χ1v) is 14.8. The second-order valence-corrected chi connectivity index (χ2v) is 11.7. The number of rotatable bonds is 14. The average Bonchev–Trinajstić information content (AvgIpc) is 3.37. The third-order valence-corrected chi connectivity index (χ3v) is 9.48. The monoisotopic (exact) mass is 527 g/mol. The summed E-state index contributed by atoms with van der Waals surface area (Å²) < 4.78 is 21.7. The van der Waals surface area contributed by atoms with Gasteiger partial charge in [0.25, 0.3) is 0 Å². The van der Waals surface area contributed by atoms with Crippen molar-refractivity contribution in [2.75, 3.05) is 20.0 Å². The summed E-state index contributed by atoms with van der Waals surface area (Å²) in [5.41, 5.74) is 0.837. The lowest BCUT2D eigenvalue weighted by molar-refractivity contribution is -0.166. The Morgan fingerprint density at radius 2 is 1.89 bits per heavy atom. The first-order valence-electron chi connectivity index (χ1n) is 12.4. The standard InChI is InChI=1S/C26H41NO6S2/c1-7-18(2)19(3)27(17-21-12-13-22(30-5)16-24(21)31-6)26(29)33-20(4)32-25(28)11-9-8-10-23-14-15-34-35-23/h12-13,16,18-20,23H,7-11,14-15,17H2,1-6H3/t18?,19?,20?,23-/m1/s1. The highest BCUT2D eigenvalue weighted by Crippen LogP contribution is 2.40. The topological polar surface area (TPSA) is 74.3 Å². The van der Waals surface area contributed by atoms with Gasteiger partial charge in [0, 0.05) is 42.0 Å². The molecule has 0 aliphatic carbocycles. The molecule has 35 heavy (non-hydrogen) atoms. The molecule has 0 N–H and O–H groups in total. The number of hydrogen-bond donors (Lipinski definition) is 0. The predicted octanol–water partition coefficient (Wildman–Crippen LogP) is 6.68. The molecule has 1 heterocycles. The zero-order chi connectivity index (χ0) is 25.8. The second-order valence-electron chi connectivity index (χ2n) is 8.95. The van der Waals surface area contributed by atoms with E-state index < -0.39 is 12.4 Å². The van der Waals surface area contributed by atoms with Gasteiger partial charge in [-0.2, -0.15) is 0 Å². The molecule has 1 aromatic rings. The highest BCUT2D eigenvalue weighted by atomic mass is 33.1. The number of ether oxygens (including phenoxy) is 4. The number of amides is 1. The highest BCUT2D eigenvalue weighted by Gasteiger charge is 2.28. The smallest absolute Gasteiger partial charge is 0.413 e. The molecule has 0 saturated carbocycles. The molecule has 1 aromatic carbocycles. The first-order chi connectivity index (χ1) is 16.8. The van der Waals surface area contributed by atoms with Gasteiger partial charge in [0.1, 0.15) is 11.5 Å². The van der Waals surface area contributed by atoms with Crippen LogP contribution < -0.4 is 9.47 Å². The van der Waals surface area contributed by atoms with Gasteiger partial charge in [0.2, 0.25) is 6.29 Å². The molecule has 9 heteroatoms. The number of unbranched alkanes of at least 4 members (excludes halogenated alkanes) is 1. The van der Waals surface area contributed by atoms with Gasteiger partial charge < -0.3 is 23.8 Å². The lowest BCUT2D eigenvalue weighted by atomic mass is 9.99. The summed E-state index contributed by atoms with van der Waals surface area (Å²) >= 11 is 0. The molecule has 0 radical (unpaired) electrons. The minimum Gasteiger partial charge on any atom is -0.497 e. The van der Waals surface area contributed by atoms with Crippen molar-refractivity contribution in [1.82, 2.24) is 4.90 Å². The van der Waals surface area contributed by atoms with Crippen LogP contribution in [0.15, 0.2) is 18.2 Å². The lowest BCUT2D eigenvalue weighted by Gasteiger charge is -2.33. The molecule has 0 spiro atoms. The Morgan fingerprint density at radius 3 is 2.51 bits per heavy atom. The van der Waals surface area contributed by atoms with E-state index in [1.54, 1.807) is 32.1 Å². The van der Waals surface area contributed by atoms with Crippen LogP contribution in [0.4, 0.5) is 4.79 Å². The fourth-order valence-electron chi connectivity index (χ4n) is 3.87. The Morgan fingerprint density at radius 1 is 1.11 bits per heavy atom. The molecule has 3 unspecified atom stereocenters. The lowest BCUT2D eigenvalue weighted by Crippen LogP contribution is -2.43. The molecule has 7 nitrogen and oxygen atoms in total. The van der Waals surface area contributed by atoms with Crippen LogP contribution in [0, 0.1) is 5.92 Å². The fraction of sp³-hybridized carbons (Fsp3) is 0.692. The number of carbonyl (C=O) groups excluding carboxylic acids is 2. The normalized spacial score (nSPS) is 17.8. The molecule has 4 atom stereocenters. The molecule has 1 aliphatic heterocycles. The SMILES string of the molecule is CCC(C)C(C)N(Cc1ccc(OC)cc1OC)C(=O)OC(C)OC(=O)CCCC[C@@H]1CCSS1. The van der Waals surface area contributed by atoms with Crippen molar-refractivity contribution in [3.63, 3.8) is 0 Å². The van der Waals surface area contributed by atoms with Crippen LogP contribution in [0.25, 0.3) is 0 Å². The van der Waals surface area contributed by atoms with Gasteiger partial charge in [-0.1, -0.05) is 48.3 Å². The van der Waals surface area contributed by atoms with Gasteiger partial charge in [-0.15, -0.1) is 0 Å². The third kappa shape index (κ3) is 9.67. The van der Waals surface area contributed by atoms with Crippen molar-refractivity contribution in [3.05, 3.63) is 23.8 Å². The first kappa shape index (κ1) is 29.5. The minimum atomic E-state index is -0.957. The maximum Gasteiger partial charge on any atom is 0.413 e. The van der Waals surface area contributed by atoms with E-state index in [1.165, 1.54) is 12.2 Å². The summed E-state index contributed by atoms with van der Waals surface area (Å²) in [5.74, 6) is 2.44. The van der Waals surface area contributed by atoms with Gasteiger partial charge in [0.15, 0.2) is 0 Å². The molecule has 1 amide bonds. The maximum atomic E-state index is 13.2. The Kier molecular flexibility index (Phi) is 13.0. The Bertz CT molecular complexity index is 802. The molecular formula is C26H41NO6S2. The second kappa shape index (κ2) is 15.4. The molecule has 1 aliphatic rings. The van der Waals surface area contributed by atoms with E-state index in [0.717, 1.165) is 31.2 Å². The van der Waals surface area contributed by atoms with E-state index in [4.69, 9.17) is 18.9 Å². The van der Waals surface area contributed by atoms with Crippen molar-refractivity contribution in [2.45, 2.75) is 90.3 Å². The number of hydrogen-bond acceptors (Lipinski definition) is 8. The zero-order valence-electron chi connectivity index (χ0n) is 21.9. The molecule has 0 bridgehead atoms. The van der Waals surface area contributed by atoms with Crippen LogP contribution >= 0.6 is 21.6 Å². The largest absolute Gasteiger partial charge is 0.497 e. The highest BCUT2D eigenvalue weighted by molar-refractivity contribution is 8.77. The molecular weight excluding hydrogens is 486 g/mol. The van der Waals surface area contributed by atoms with Gasteiger partial charge in [-0.3, -0.25) is 4.79 Å². The minimum absolute atomic E-state index is 0.0890. The van der Waals surface area contributed by atoms with E-state index in [-0.39, 0.29) is 17.9 Å². The van der Waals surface area contributed by atoms with Crippen molar-refractivity contribution in [3.8, 4) is 11.5 Å². The fourth-order valence-corrected chi connectivity index (χ4v) is 6.90. The van der Waals surface area contributed by atoms with Crippen LogP contribution in [0.3, 0.4) is 0 Å². The average molecular weight is 528 g/mol. The van der Waals surface area contributed by atoms with Crippen LogP contribution in [-0.4, -0.2) is 54.5 Å². The number of esters is 1. The summed E-state index contributed by atoms with van der Waals surface area (Å²) in [5, 5.41) is 0.707. The summed E-state index contributed by atoms with van der Waals surface area (Å²) in [6, 6.07) is 5.42. The molecule has 1 saturated heterocycles. The van der Waals surface area contributed by atoms with Crippen molar-refractivity contribution in [1.29, 1.82) is 0 Å². The van der Waals surface area contributed by atoms with Crippen LogP contribution in [-0.2, 0) is 20.8 Å². The van der Waals surface area contributed by atoms with Gasteiger partial charge >= 0.3 is 12.1 Å². The van der Waals surface area contributed by atoms with E-state index >= 15 is 0 Å². The Labute approximate surface area is 218 Å². The molecule has 0 aromatic heterocycles. The number of methoxy groups -OCH3 is 2. The third-order valence-electron chi connectivity index (χ3n) is 6.48. The molecule has 1 fully saturated rings. The predicted molar refractivity (Wildman–Crippen MR) is 143 cm³/mol. The zero-order valence-corrected chi connectivity index (χ0v) is 23.5. The quantitative estimate of drug-likeness (QED) is 0.115. The van der Waals surface area contributed by atoms with E-state index in [9.17, 15) is 9.59 Å². The van der Waals surface area contributed by atoms with E-state index in [0.29, 0.717) is 29.7 Å². The van der Waals surface area contributed by atoms with Crippen LogP contribution in [0.5, 0.6) is 11.5 Å². The van der Waals surface area contributed by atoms with Crippen LogP contribution in [0.2, 0.25) is 0 Å². The summed E-state index contributed by atoms with van der Waals surface area (Å²) in [6.07, 6.45) is 3.94. The number of nitrogens with zero attached hydrogens (tertiary/aromatic N) is 1. The number of benzene rings is 1. The Balaban J connectivity index is 1.94.